The third kappa shape index (κ3) is 5.18. The minimum Gasteiger partial charge on any atom is -0.392 e. The van der Waals surface area contributed by atoms with E-state index >= 15 is 0 Å². The summed E-state index contributed by atoms with van der Waals surface area (Å²) in [4.78, 5) is 0. The molecule has 0 spiro atoms. The summed E-state index contributed by atoms with van der Waals surface area (Å²) < 4.78 is 0. The largest absolute Gasteiger partial charge is 0.392 e. The number of aliphatic hydroxyl groups excluding tert-OH is 1. The molecule has 0 fully saturated rings. The molecule has 0 amide bonds. The Bertz CT molecular complexity index is 314. The molecule has 1 N–H and O–H groups in total. The van der Waals surface area contributed by atoms with Gasteiger partial charge in [-0.1, -0.05) is 43.0 Å². The number of hydrogen-bond acceptors (Lipinski definition) is 1. The molecule has 0 unspecified atom stereocenters. The predicted molar refractivity (Wildman–Crippen MR) is 67.7 cm³/mol. The highest BCUT2D eigenvalue weighted by atomic mass is 16.3. The van der Waals surface area contributed by atoms with Crippen molar-refractivity contribution in [2.24, 2.45) is 0 Å². The number of aliphatic hydroxyl groups is 1. The van der Waals surface area contributed by atoms with Crippen LogP contribution in [0.25, 0.3) is 0 Å². The summed E-state index contributed by atoms with van der Waals surface area (Å²) >= 11 is 0. The highest BCUT2D eigenvalue weighted by Gasteiger charge is 1.93. The summed E-state index contributed by atoms with van der Waals surface area (Å²) in [6.07, 6.45) is 11.7. The molecule has 0 aliphatic heterocycles. The van der Waals surface area contributed by atoms with Gasteiger partial charge in [-0.05, 0) is 37.5 Å². The van der Waals surface area contributed by atoms with E-state index in [1.165, 1.54) is 0 Å². The van der Waals surface area contributed by atoms with Gasteiger partial charge in [0.25, 0.3) is 0 Å². The smallest absolute Gasteiger partial charge is 0.0678 e. The molecule has 1 heteroatoms. The minimum absolute atomic E-state index is 0.0646. The third-order valence-corrected chi connectivity index (χ3v) is 2.08. The van der Waals surface area contributed by atoms with E-state index in [0.29, 0.717) is 0 Å². The Morgan fingerprint density at radius 3 is 2.13 bits per heavy atom. The van der Waals surface area contributed by atoms with E-state index < -0.39 is 0 Å². The number of rotatable bonds is 5. The lowest BCUT2D eigenvalue weighted by atomic mass is 10.1. The van der Waals surface area contributed by atoms with Crippen molar-refractivity contribution >= 4 is 0 Å². The van der Waals surface area contributed by atoms with E-state index in [1.54, 1.807) is 0 Å². The second-order valence-corrected chi connectivity index (χ2v) is 3.12. The summed E-state index contributed by atoms with van der Waals surface area (Å²) in [5, 5.41) is 8.96. The van der Waals surface area contributed by atoms with Crippen LogP contribution in [0.5, 0.6) is 0 Å². The summed E-state index contributed by atoms with van der Waals surface area (Å²) in [7, 11) is 0. The second-order valence-electron chi connectivity index (χ2n) is 3.12. The lowest BCUT2D eigenvalue weighted by molar-refractivity contribution is 0.335. The summed E-state index contributed by atoms with van der Waals surface area (Å²) in [6, 6.07) is 0. The number of hydrogen-bond donors (Lipinski definition) is 1. The molecule has 0 saturated heterocycles. The Morgan fingerprint density at radius 1 is 1.07 bits per heavy atom. The van der Waals surface area contributed by atoms with E-state index in [0.717, 1.165) is 16.7 Å². The topological polar surface area (TPSA) is 20.2 Å². The molecule has 0 aromatic carbocycles. The van der Waals surface area contributed by atoms with Crippen molar-refractivity contribution < 1.29 is 5.11 Å². The van der Waals surface area contributed by atoms with E-state index in [4.69, 9.17) is 5.11 Å². The maximum Gasteiger partial charge on any atom is 0.0678 e. The molecule has 1 nitrogen and oxygen atoms in total. The van der Waals surface area contributed by atoms with Gasteiger partial charge in [-0.2, -0.15) is 0 Å². The van der Waals surface area contributed by atoms with Crippen molar-refractivity contribution in [2.75, 3.05) is 6.61 Å². The summed E-state index contributed by atoms with van der Waals surface area (Å²) in [5.41, 5.74) is 2.94. The first kappa shape index (κ1) is 13.7. The van der Waals surface area contributed by atoms with Crippen LogP contribution >= 0.6 is 0 Å². The summed E-state index contributed by atoms with van der Waals surface area (Å²) in [5.74, 6) is 0. The van der Waals surface area contributed by atoms with Gasteiger partial charge in [0.2, 0.25) is 0 Å². The average molecular weight is 204 g/mol. The van der Waals surface area contributed by atoms with Gasteiger partial charge < -0.3 is 5.11 Å². The van der Waals surface area contributed by atoms with Gasteiger partial charge in [-0.3, -0.25) is 0 Å². The molecule has 0 aromatic rings. The Balaban J connectivity index is 4.62. The quantitative estimate of drug-likeness (QED) is 0.679. The van der Waals surface area contributed by atoms with Crippen LogP contribution in [0.3, 0.4) is 0 Å². The molecule has 0 radical (unpaired) electrons. The standard InChI is InChI=1S/C14H20O/c1-5-8-14(7-3)12(4)9-10-13(6-2)11-15/h5-10,15H,4,11H2,1-3H3/b8-5-,10-9-,13-6+,14-7+. The van der Waals surface area contributed by atoms with E-state index in [-0.39, 0.29) is 6.61 Å². The first-order valence-corrected chi connectivity index (χ1v) is 5.12. The molecule has 0 heterocycles. The molecular weight excluding hydrogens is 184 g/mol. The first-order chi connectivity index (χ1) is 7.19. The maximum atomic E-state index is 8.96. The van der Waals surface area contributed by atoms with Crippen molar-refractivity contribution in [2.45, 2.75) is 20.8 Å². The monoisotopic (exact) mass is 204 g/mol. The Kier molecular flexibility index (Phi) is 7.29. The molecule has 0 saturated carbocycles. The zero-order chi connectivity index (χ0) is 11.7. The van der Waals surface area contributed by atoms with Crippen molar-refractivity contribution in [1.29, 1.82) is 0 Å². The highest BCUT2D eigenvalue weighted by Crippen LogP contribution is 2.12. The molecular formula is C14H20O. The van der Waals surface area contributed by atoms with Gasteiger partial charge in [0, 0.05) is 0 Å². The van der Waals surface area contributed by atoms with Gasteiger partial charge in [-0.25, -0.2) is 0 Å². The maximum absolute atomic E-state index is 8.96. The van der Waals surface area contributed by atoms with Gasteiger partial charge in [0.1, 0.15) is 0 Å². The van der Waals surface area contributed by atoms with Crippen molar-refractivity contribution in [1.82, 2.24) is 0 Å². The molecule has 0 aliphatic carbocycles. The Hall–Kier alpha value is -1.34. The zero-order valence-electron chi connectivity index (χ0n) is 9.83. The van der Waals surface area contributed by atoms with Gasteiger partial charge in [0.15, 0.2) is 0 Å². The van der Waals surface area contributed by atoms with Crippen molar-refractivity contribution in [3.8, 4) is 0 Å². The van der Waals surface area contributed by atoms with Gasteiger partial charge in [-0.15, -0.1) is 0 Å². The lowest BCUT2D eigenvalue weighted by Gasteiger charge is -2.01. The van der Waals surface area contributed by atoms with E-state index in [2.05, 4.69) is 6.58 Å². The molecule has 0 rings (SSSR count). The normalized spacial score (nSPS) is 14.1. The van der Waals surface area contributed by atoms with Gasteiger partial charge >= 0.3 is 0 Å². The minimum atomic E-state index is 0.0646. The summed E-state index contributed by atoms with van der Waals surface area (Å²) in [6.45, 7) is 9.90. The molecule has 0 aliphatic rings. The van der Waals surface area contributed by atoms with E-state index in [1.807, 2.05) is 57.2 Å². The van der Waals surface area contributed by atoms with Crippen LogP contribution < -0.4 is 0 Å². The van der Waals surface area contributed by atoms with Crippen LogP contribution in [0.2, 0.25) is 0 Å². The van der Waals surface area contributed by atoms with Crippen molar-refractivity contribution in [3.63, 3.8) is 0 Å². The molecule has 0 atom stereocenters. The number of allylic oxidation sites excluding steroid dienone is 7. The average Bonchev–Trinajstić information content (AvgIpc) is 2.26. The van der Waals surface area contributed by atoms with Crippen LogP contribution in [-0.2, 0) is 0 Å². The van der Waals surface area contributed by atoms with Crippen LogP contribution in [0, 0.1) is 0 Å². The van der Waals surface area contributed by atoms with Gasteiger partial charge in [0.05, 0.1) is 6.61 Å². The second kappa shape index (κ2) is 8.01. The lowest BCUT2D eigenvalue weighted by Crippen LogP contribution is -1.86. The fraction of sp³-hybridized carbons (Fsp3) is 0.286. The Labute approximate surface area is 92.8 Å². The molecule has 82 valence electrons. The third-order valence-electron chi connectivity index (χ3n) is 2.08. The molecule has 0 bridgehead atoms. The van der Waals surface area contributed by atoms with E-state index in [9.17, 15) is 0 Å². The Morgan fingerprint density at radius 2 is 1.73 bits per heavy atom. The fourth-order valence-corrected chi connectivity index (χ4v) is 1.11. The van der Waals surface area contributed by atoms with Crippen LogP contribution in [-0.4, -0.2) is 11.7 Å². The molecule has 0 aromatic heterocycles. The van der Waals surface area contributed by atoms with Crippen LogP contribution in [0.1, 0.15) is 20.8 Å². The predicted octanol–water partition coefficient (Wildman–Crippen LogP) is 3.56. The molecule has 15 heavy (non-hydrogen) atoms. The fourth-order valence-electron chi connectivity index (χ4n) is 1.11. The highest BCUT2D eigenvalue weighted by molar-refractivity contribution is 5.45. The van der Waals surface area contributed by atoms with Crippen LogP contribution in [0.15, 0.2) is 59.8 Å². The first-order valence-electron chi connectivity index (χ1n) is 5.12. The van der Waals surface area contributed by atoms with Crippen molar-refractivity contribution in [3.05, 3.63) is 59.8 Å². The zero-order valence-corrected chi connectivity index (χ0v) is 9.83. The SMILES string of the molecule is C=C(/C=C\C(=C/C)CO)C(/C=C\C)=C/C. The van der Waals surface area contributed by atoms with Crippen LogP contribution in [0.4, 0.5) is 0 Å².